The van der Waals surface area contributed by atoms with E-state index in [4.69, 9.17) is 5.11 Å². The van der Waals surface area contributed by atoms with Gasteiger partial charge in [0.15, 0.2) is 0 Å². The molecule has 0 aromatic rings. The number of nitrogens with zero attached hydrogens (tertiary/aromatic N) is 1. The number of hydrogen-bond acceptors (Lipinski definition) is 2. The Balaban J connectivity index is 2.17. The molecular weight excluding hydrogens is 154 g/mol. The number of carbonyl (C=O) groups is 1. The molecule has 0 bridgehead atoms. The van der Waals surface area contributed by atoms with Gasteiger partial charge in [-0.3, -0.25) is 0 Å². The standard InChI is InChI=1S/C9H13NO2/c11-9(12)8-5-4-7-3-1-2-6-10(7)8/h3,8H,1-2,4-6H2,(H,11,12). The molecule has 66 valence electrons. The highest BCUT2D eigenvalue weighted by Gasteiger charge is 2.33. The highest BCUT2D eigenvalue weighted by Crippen LogP contribution is 2.30. The highest BCUT2D eigenvalue weighted by atomic mass is 16.4. The molecule has 0 spiro atoms. The highest BCUT2D eigenvalue weighted by molar-refractivity contribution is 5.74. The number of hydrogen-bond donors (Lipinski definition) is 1. The number of fused-ring (bicyclic) bond motifs is 1. The smallest absolute Gasteiger partial charge is 0.326 e. The Morgan fingerprint density at radius 3 is 3.25 bits per heavy atom. The quantitative estimate of drug-likeness (QED) is 0.638. The fraction of sp³-hybridized carbons (Fsp3) is 0.667. The van der Waals surface area contributed by atoms with Crippen molar-refractivity contribution in [1.82, 2.24) is 4.90 Å². The van der Waals surface area contributed by atoms with E-state index in [9.17, 15) is 4.79 Å². The van der Waals surface area contributed by atoms with E-state index in [1.165, 1.54) is 5.70 Å². The van der Waals surface area contributed by atoms with E-state index < -0.39 is 5.97 Å². The predicted molar refractivity (Wildman–Crippen MR) is 44.7 cm³/mol. The third-order valence-electron chi connectivity index (χ3n) is 2.69. The normalized spacial score (nSPS) is 28.2. The van der Waals surface area contributed by atoms with Gasteiger partial charge in [-0.05, 0) is 25.7 Å². The maximum Gasteiger partial charge on any atom is 0.326 e. The molecule has 2 rings (SSSR count). The summed E-state index contributed by atoms with van der Waals surface area (Å²) in [5, 5.41) is 8.88. The van der Waals surface area contributed by atoms with Crippen molar-refractivity contribution in [3.63, 3.8) is 0 Å². The Hall–Kier alpha value is -0.990. The Morgan fingerprint density at radius 1 is 1.67 bits per heavy atom. The van der Waals surface area contributed by atoms with Crippen LogP contribution in [-0.4, -0.2) is 28.6 Å². The summed E-state index contributed by atoms with van der Waals surface area (Å²) in [6, 6.07) is -0.239. The first-order valence-corrected chi connectivity index (χ1v) is 4.47. The van der Waals surface area contributed by atoms with Crippen molar-refractivity contribution in [2.45, 2.75) is 31.7 Å². The van der Waals surface area contributed by atoms with E-state index in [0.29, 0.717) is 0 Å². The molecule has 0 saturated carbocycles. The fourth-order valence-electron chi connectivity index (χ4n) is 2.09. The Labute approximate surface area is 71.7 Å². The monoisotopic (exact) mass is 167 g/mol. The lowest BCUT2D eigenvalue weighted by Crippen LogP contribution is -2.36. The summed E-state index contributed by atoms with van der Waals surface area (Å²) in [5.74, 6) is -0.666. The third kappa shape index (κ3) is 1.09. The maximum absolute atomic E-state index is 10.8. The van der Waals surface area contributed by atoms with E-state index in [2.05, 4.69) is 6.08 Å². The van der Waals surface area contributed by atoms with Crippen LogP contribution >= 0.6 is 0 Å². The summed E-state index contributed by atoms with van der Waals surface area (Å²) < 4.78 is 0. The first kappa shape index (κ1) is 7.65. The van der Waals surface area contributed by atoms with E-state index in [0.717, 1.165) is 32.2 Å². The zero-order chi connectivity index (χ0) is 8.55. The van der Waals surface area contributed by atoms with Crippen molar-refractivity contribution in [2.75, 3.05) is 6.54 Å². The van der Waals surface area contributed by atoms with Gasteiger partial charge >= 0.3 is 5.97 Å². The molecule has 0 aromatic heterocycles. The Kier molecular flexibility index (Phi) is 1.79. The largest absolute Gasteiger partial charge is 0.480 e. The molecule has 2 aliphatic rings. The number of carboxylic acids is 1. The van der Waals surface area contributed by atoms with Gasteiger partial charge in [-0.15, -0.1) is 0 Å². The Bertz CT molecular complexity index is 235. The molecule has 0 radical (unpaired) electrons. The van der Waals surface area contributed by atoms with Crippen LogP contribution in [0.4, 0.5) is 0 Å². The first-order valence-electron chi connectivity index (χ1n) is 4.47. The van der Waals surface area contributed by atoms with Gasteiger partial charge in [0.25, 0.3) is 0 Å². The van der Waals surface area contributed by atoms with Crippen LogP contribution < -0.4 is 0 Å². The predicted octanol–water partition coefficient (Wildman–Crippen LogP) is 1.21. The zero-order valence-electron chi connectivity index (χ0n) is 6.99. The lowest BCUT2D eigenvalue weighted by atomic mass is 10.1. The van der Waals surface area contributed by atoms with Crippen molar-refractivity contribution < 1.29 is 9.90 Å². The minimum atomic E-state index is -0.666. The second-order valence-corrected chi connectivity index (χ2v) is 3.42. The lowest BCUT2D eigenvalue weighted by molar-refractivity contribution is -0.141. The van der Waals surface area contributed by atoms with E-state index in [1.54, 1.807) is 0 Å². The second kappa shape index (κ2) is 2.81. The Morgan fingerprint density at radius 2 is 2.50 bits per heavy atom. The third-order valence-corrected chi connectivity index (χ3v) is 2.69. The van der Waals surface area contributed by atoms with Gasteiger partial charge in [0.2, 0.25) is 0 Å². The van der Waals surface area contributed by atoms with Gasteiger partial charge in [0, 0.05) is 12.2 Å². The van der Waals surface area contributed by atoms with Crippen LogP contribution in [0.5, 0.6) is 0 Å². The molecule has 1 unspecified atom stereocenters. The minimum absolute atomic E-state index is 0.239. The fourth-order valence-corrected chi connectivity index (χ4v) is 2.09. The van der Waals surface area contributed by atoms with Crippen LogP contribution in [0.25, 0.3) is 0 Å². The van der Waals surface area contributed by atoms with Crippen LogP contribution in [-0.2, 0) is 4.79 Å². The molecule has 1 fully saturated rings. The molecule has 3 nitrogen and oxygen atoms in total. The lowest BCUT2D eigenvalue weighted by Gasteiger charge is -2.27. The second-order valence-electron chi connectivity index (χ2n) is 3.42. The van der Waals surface area contributed by atoms with Crippen LogP contribution in [0.2, 0.25) is 0 Å². The molecule has 0 aromatic carbocycles. The summed E-state index contributed by atoms with van der Waals surface area (Å²) in [6.07, 6.45) is 6.16. The van der Waals surface area contributed by atoms with Crippen molar-refractivity contribution in [2.24, 2.45) is 0 Å². The van der Waals surface area contributed by atoms with Crippen molar-refractivity contribution in [1.29, 1.82) is 0 Å². The van der Waals surface area contributed by atoms with Crippen LogP contribution in [0, 0.1) is 0 Å². The molecule has 12 heavy (non-hydrogen) atoms. The SMILES string of the molecule is O=C(O)C1CCC2=CCCCN21. The molecule has 2 aliphatic heterocycles. The van der Waals surface area contributed by atoms with Crippen molar-refractivity contribution >= 4 is 5.97 Å². The van der Waals surface area contributed by atoms with Gasteiger partial charge in [-0.25, -0.2) is 4.79 Å². The maximum atomic E-state index is 10.8. The molecule has 1 atom stereocenters. The van der Waals surface area contributed by atoms with E-state index >= 15 is 0 Å². The van der Waals surface area contributed by atoms with Gasteiger partial charge in [-0.2, -0.15) is 0 Å². The van der Waals surface area contributed by atoms with Crippen molar-refractivity contribution in [3.05, 3.63) is 11.8 Å². The molecule has 3 heteroatoms. The molecule has 1 N–H and O–H groups in total. The summed E-state index contributed by atoms with van der Waals surface area (Å²) >= 11 is 0. The van der Waals surface area contributed by atoms with Crippen LogP contribution in [0.15, 0.2) is 11.8 Å². The number of rotatable bonds is 1. The summed E-state index contributed by atoms with van der Waals surface area (Å²) in [4.78, 5) is 12.8. The summed E-state index contributed by atoms with van der Waals surface area (Å²) in [7, 11) is 0. The van der Waals surface area contributed by atoms with Crippen molar-refractivity contribution in [3.8, 4) is 0 Å². The summed E-state index contributed by atoms with van der Waals surface area (Å²) in [6.45, 7) is 0.933. The molecule has 1 saturated heterocycles. The number of allylic oxidation sites excluding steroid dienone is 2. The number of aliphatic carboxylic acids is 1. The van der Waals surface area contributed by atoms with Gasteiger partial charge in [-0.1, -0.05) is 6.08 Å². The van der Waals surface area contributed by atoms with Crippen LogP contribution in [0.3, 0.4) is 0 Å². The van der Waals surface area contributed by atoms with Gasteiger partial charge < -0.3 is 10.0 Å². The van der Waals surface area contributed by atoms with E-state index in [1.807, 2.05) is 4.90 Å². The molecule has 0 aliphatic carbocycles. The molecular formula is C9H13NO2. The average molecular weight is 167 g/mol. The van der Waals surface area contributed by atoms with Crippen LogP contribution in [0.1, 0.15) is 25.7 Å². The van der Waals surface area contributed by atoms with Gasteiger partial charge in [0.1, 0.15) is 6.04 Å². The average Bonchev–Trinajstić information content (AvgIpc) is 2.47. The topological polar surface area (TPSA) is 40.5 Å². The zero-order valence-corrected chi connectivity index (χ0v) is 6.99. The first-order chi connectivity index (χ1) is 5.79. The minimum Gasteiger partial charge on any atom is -0.480 e. The molecule has 2 heterocycles. The summed E-state index contributed by atoms with van der Waals surface area (Å²) in [5.41, 5.74) is 1.26. The molecule has 0 amide bonds. The van der Waals surface area contributed by atoms with Gasteiger partial charge in [0.05, 0.1) is 0 Å². The van der Waals surface area contributed by atoms with E-state index in [-0.39, 0.29) is 6.04 Å². The number of carboxylic acid groups (broad SMARTS) is 1.